The molecule has 0 aromatic heterocycles. The van der Waals surface area contributed by atoms with Gasteiger partial charge in [-0.3, -0.25) is 52.1 Å². The second kappa shape index (κ2) is 76.0. The predicted octanol–water partition coefficient (Wildman–Crippen LogP) is 11.0. The normalized spacial score (nSPS) is 21.6. The van der Waals surface area contributed by atoms with Gasteiger partial charge in [0.15, 0.2) is 0 Å². The SMILES string of the molecule is C1C2CC3CC1CC(C2)C3.C1CC2CCC1C2.CC.CC.CC.CC.CC.CC.CC(=O)OCOC(=O)CS(=O)(=O)[O-].CC(=O)OCOC(=O)CS(=O)(=O)[O-].CCOC(=O)CS(=O)(=O)[O-].CCOC(=O)CS(=O)(=O)[O-].CCOC(=O)CS(=O)(=O)[O-].CCOC(=O)CS(=O)(=O)[O-].CCOC(=O)CS(=O)(=O)[O-].O=C1OC2CC3CC1C2C3.O=S1(=O)OC2CC3CC2C1C3.c1ccc2ccccc2c1.c1ccc2ccccc2c1. The van der Waals surface area contributed by atoms with Crippen LogP contribution in [0.5, 0.6) is 0 Å². The number of hydrogen-bond donors (Lipinski definition) is 0. The molecule has 8 unspecified atom stereocenters. The Bertz CT molecular complexity index is 4860. The van der Waals surface area contributed by atoms with Gasteiger partial charge in [-0.05, 0) is 187 Å². The van der Waals surface area contributed by atoms with Gasteiger partial charge in [0, 0.05) is 25.7 Å². The summed E-state index contributed by atoms with van der Waals surface area (Å²) in [5.41, 5.74) is 0. The van der Waals surface area contributed by atoms with Crippen LogP contribution < -0.4 is 0 Å². The van der Waals surface area contributed by atoms with Gasteiger partial charge >= 0.3 is 59.7 Å². The van der Waals surface area contributed by atoms with E-state index in [9.17, 15) is 147 Å². The summed E-state index contributed by atoms with van der Waals surface area (Å²) in [5, 5.41) is 5.11. The standard InChI is InChI=1S/C10H16.2C10H8.C8H10O2.C7H10O3S.C7H12.2C5H8O7S.5C4H8O5S.6C2H6/c1-7-2-9-4-8(1)5-10(3-7)6-9;2*1-2-6-10-8-4-3-7-9(10)5-1;9-8-6-2-4-1-5(6)7(3-4)10-8;8-11(9)7-3-4-1-5(7)6(2-4)10-11;1-2-7-4-3-6(1)5-7;2*1-4(6)11-3-12-5(7)2-13(8,9)10;5*1-2-9-4(5)3-10(6,7)8;6*1-2/h7-10H,1-6H2;2*1-8H;4-7H,1-3H2;4-7H,1-3H2;6-7H,1-5H2;2*2-3H2,1H3,(H,8,9,10);5*2-3H2,1H3,(H,6,7,8);6*1-2H3/p-7. The van der Waals surface area contributed by atoms with E-state index in [0.29, 0.717) is 29.8 Å². The lowest BCUT2D eigenvalue weighted by molar-refractivity contribution is -0.165. The van der Waals surface area contributed by atoms with E-state index in [1.807, 2.05) is 83.1 Å². The monoisotopic (exact) mass is 2240 g/mol. The van der Waals surface area contributed by atoms with Crippen molar-refractivity contribution < 1.29 is 199 Å². The minimum atomic E-state index is -4.64. The Labute approximate surface area is 862 Å². The Hall–Kier alpha value is -8.62. The number of benzene rings is 4. The summed E-state index contributed by atoms with van der Waals surface area (Å²) in [4.78, 5) is 103. The van der Waals surface area contributed by atoms with Gasteiger partial charge < -0.3 is 79.2 Å². The first kappa shape index (κ1) is 144. The van der Waals surface area contributed by atoms with Crippen molar-refractivity contribution in [1.82, 2.24) is 0 Å². The zero-order valence-electron chi connectivity index (χ0n) is 86.5. The van der Waals surface area contributed by atoms with Crippen LogP contribution in [0.25, 0.3) is 21.5 Å². The first-order chi connectivity index (χ1) is 68.2. The lowest BCUT2D eigenvalue weighted by Crippen LogP contribution is -2.38. The van der Waals surface area contributed by atoms with Crippen molar-refractivity contribution in [2.75, 3.05) is 86.9 Å². The fourth-order valence-electron chi connectivity index (χ4n) is 16.7. The number of carbonyl (C=O) groups excluding carboxylic acids is 10. The van der Waals surface area contributed by atoms with Gasteiger partial charge in [0.05, 0.1) is 50.3 Å². The molecule has 2 saturated heterocycles. The van der Waals surface area contributed by atoms with E-state index in [1.165, 1.54) is 98.1 Å². The predicted molar refractivity (Wildman–Crippen MR) is 531 cm³/mol. The van der Waals surface area contributed by atoms with Crippen molar-refractivity contribution in [2.24, 2.45) is 65.1 Å². The van der Waals surface area contributed by atoms with E-state index in [1.54, 1.807) is 70.6 Å². The molecule has 0 N–H and O–H groups in total. The van der Waals surface area contributed by atoms with Crippen molar-refractivity contribution in [1.29, 1.82) is 0 Å². The minimum absolute atomic E-state index is 0.0590. The molecule has 2 aliphatic heterocycles. The fourth-order valence-corrected chi connectivity index (χ4v) is 21.3. The number of fused-ring (bicyclic) bond motifs is 6. The summed E-state index contributed by atoms with van der Waals surface area (Å²) in [5.74, 6) is -6.94. The molecule has 146 heavy (non-hydrogen) atoms. The summed E-state index contributed by atoms with van der Waals surface area (Å²) in [7, 11) is -34.8. The number of rotatable bonds is 23. The zero-order chi connectivity index (χ0) is 113. The number of hydrogen-bond acceptors (Lipinski definition) is 44. The lowest BCUT2D eigenvalue weighted by Gasteiger charge is -2.49. The van der Waals surface area contributed by atoms with E-state index in [0.717, 1.165) is 51.9 Å². The molecule has 0 amide bonds. The van der Waals surface area contributed by atoms with Crippen molar-refractivity contribution in [3.05, 3.63) is 97.1 Å². The molecule has 2 heterocycles. The van der Waals surface area contributed by atoms with Crippen LogP contribution in [0.1, 0.15) is 241 Å². The van der Waals surface area contributed by atoms with Crippen LogP contribution in [-0.4, -0.2) is 263 Å². The average molecular weight is 2240 g/mol. The van der Waals surface area contributed by atoms with E-state index in [4.69, 9.17) is 8.92 Å². The van der Waals surface area contributed by atoms with Crippen molar-refractivity contribution in [3.63, 3.8) is 0 Å². The van der Waals surface area contributed by atoms with Crippen molar-refractivity contribution >= 4 is 162 Å². The van der Waals surface area contributed by atoms with Crippen LogP contribution in [0, 0.1) is 65.1 Å². The molecule has 8 atom stereocenters. The van der Waals surface area contributed by atoms with E-state index in [-0.39, 0.29) is 50.4 Å². The zero-order valence-corrected chi connectivity index (χ0v) is 93.0. The second-order valence-electron chi connectivity index (χ2n) is 31.9. The topological polar surface area (TPSA) is 707 Å². The number of esters is 10. The van der Waals surface area contributed by atoms with Crippen LogP contribution in [0.2, 0.25) is 0 Å². The molecule has 4 aromatic rings. The number of ether oxygens (including phenoxy) is 10. The molecule has 0 spiro atoms. The van der Waals surface area contributed by atoms with Gasteiger partial charge in [0.1, 0.15) is 117 Å². The van der Waals surface area contributed by atoms with Crippen LogP contribution >= 0.6 is 0 Å². The van der Waals surface area contributed by atoms with Crippen LogP contribution in [-0.2, 0) is 180 Å². The maximum atomic E-state index is 11.3. The van der Waals surface area contributed by atoms with Gasteiger partial charge in [-0.2, -0.15) is 8.42 Å². The molecular formula is C94H149O44S8-7. The van der Waals surface area contributed by atoms with E-state index < -0.39 is 189 Å². The van der Waals surface area contributed by atoms with Gasteiger partial charge in [-0.15, -0.1) is 0 Å². The molecule has 10 aliphatic carbocycles. The maximum absolute atomic E-state index is 11.3. The third kappa shape index (κ3) is 70.4. The fraction of sp³-hybridized carbons (Fsp3) is 0.681. The molecule has 12 aliphatic rings. The maximum Gasteiger partial charge on any atom is 0.322 e. The Morgan fingerprint density at radius 2 is 0.493 bits per heavy atom. The summed E-state index contributed by atoms with van der Waals surface area (Å²) in [6.07, 6.45) is 24.3. The highest BCUT2D eigenvalue weighted by Gasteiger charge is 2.59. The summed E-state index contributed by atoms with van der Waals surface area (Å²) in [6.45, 7) is 32.8. The Morgan fingerprint density at radius 3 is 0.664 bits per heavy atom. The minimum Gasteiger partial charge on any atom is -0.748 e. The quantitative estimate of drug-likeness (QED) is 0.0219. The number of carbonyl (C=O) groups is 10. The Morgan fingerprint density at radius 1 is 0.288 bits per heavy atom. The van der Waals surface area contributed by atoms with Crippen molar-refractivity contribution in [3.8, 4) is 0 Å². The first-order valence-electron chi connectivity index (χ1n) is 48.1. The molecule has 10 saturated carbocycles. The van der Waals surface area contributed by atoms with Gasteiger partial charge in [0.25, 0.3) is 10.1 Å². The highest BCUT2D eigenvalue weighted by Crippen LogP contribution is 2.56. The average Bonchev–Trinajstić information content (AvgIpc) is 1.56. The largest absolute Gasteiger partial charge is 0.748 e. The molecule has 52 heteroatoms. The molecule has 12 fully saturated rings. The summed E-state index contributed by atoms with van der Waals surface area (Å²) in [6, 6.07) is 33.4. The Kier molecular flexibility index (Phi) is 74.7. The van der Waals surface area contributed by atoms with E-state index in [2.05, 4.69) is 140 Å². The highest BCUT2D eigenvalue weighted by atomic mass is 32.2. The molecule has 844 valence electrons. The van der Waals surface area contributed by atoms with Crippen molar-refractivity contribution in [2.45, 2.75) is 258 Å². The highest BCUT2D eigenvalue weighted by molar-refractivity contribution is 7.88. The van der Waals surface area contributed by atoms with Crippen LogP contribution in [0.15, 0.2) is 97.1 Å². The second-order valence-corrected chi connectivity index (χ2v) is 43.5. The summed E-state index contributed by atoms with van der Waals surface area (Å²) < 4.78 is 278. The smallest absolute Gasteiger partial charge is 0.322 e. The molecule has 44 nitrogen and oxygen atoms in total. The molecule has 0 radical (unpaired) electrons. The molecular weight excluding hydrogens is 2090 g/mol. The molecule has 4 aromatic carbocycles. The van der Waals surface area contributed by atoms with Gasteiger partial charge in [-0.25, -0.2) is 58.9 Å². The van der Waals surface area contributed by atoms with E-state index >= 15 is 0 Å². The van der Waals surface area contributed by atoms with Gasteiger partial charge in [-0.1, -0.05) is 206 Å². The third-order valence-electron chi connectivity index (χ3n) is 21.1. The third-order valence-corrected chi connectivity index (χ3v) is 27.1. The van der Waals surface area contributed by atoms with Crippen LogP contribution in [0.3, 0.4) is 0 Å². The lowest BCUT2D eigenvalue weighted by atomic mass is 9.56. The molecule has 10 bridgehead atoms. The summed E-state index contributed by atoms with van der Waals surface area (Å²) >= 11 is 0. The Balaban J connectivity index is -0.000000742. The van der Waals surface area contributed by atoms with Crippen LogP contribution in [0.4, 0.5) is 0 Å². The molecule has 16 rings (SSSR count). The van der Waals surface area contributed by atoms with Gasteiger partial charge in [0.2, 0.25) is 13.6 Å². The first-order valence-corrected chi connectivity index (χ1v) is 60.6.